The monoisotopic (exact) mass is 743 g/mol. The van der Waals surface area contributed by atoms with Gasteiger partial charge in [-0.3, -0.25) is 19.4 Å². The first-order chi connectivity index (χ1) is 25.7. The highest BCUT2D eigenvalue weighted by Crippen LogP contribution is 2.44. The van der Waals surface area contributed by atoms with Gasteiger partial charge < -0.3 is 34.2 Å². The second-order valence-electron chi connectivity index (χ2n) is 13.7. The lowest BCUT2D eigenvalue weighted by molar-refractivity contribution is -0.136. The summed E-state index contributed by atoms with van der Waals surface area (Å²) < 4.78 is 17.3. The molecule has 13 nitrogen and oxygen atoms in total. The Morgan fingerprint density at radius 3 is 2.45 bits per heavy atom. The van der Waals surface area contributed by atoms with Crippen molar-refractivity contribution in [1.29, 1.82) is 0 Å². The summed E-state index contributed by atoms with van der Waals surface area (Å²) in [6.45, 7) is 6.85. The molecule has 14 heteroatoms. The minimum Gasteiger partial charge on any atom is -0.493 e. The zero-order valence-corrected chi connectivity index (χ0v) is 32.1. The van der Waals surface area contributed by atoms with Crippen molar-refractivity contribution in [3.63, 3.8) is 0 Å². The van der Waals surface area contributed by atoms with Crippen LogP contribution in [0.4, 0.5) is 5.82 Å². The van der Waals surface area contributed by atoms with Crippen molar-refractivity contribution in [2.24, 2.45) is 5.92 Å². The number of methoxy groups -OCH3 is 3. The number of thiazole rings is 1. The number of pyridine rings is 2. The van der Waals surface area contributed by atoms with Crippen molar-refractivity contribution in [2.75, 3.05) is 65.5 Å². The molecule has 282 valence electrons. The van der Waals surface area contributed by atoms with E-state index in [1.54, 1.807) is 38.6 Å². The summed E-state index contributed by atoms with van der Waals surface area (Å²) in [6.07, 6.45) is 7.39. The average Bonchev–Trinajstić information content (AvgIpc) is 3.52. The number of carbonyl (C=O) groups excluding carboxylic acids is 3. The van der Waals surface area contributed by atoms with Gasteiger partial charge in [0.25, 0.3) is 5.91 Å². The van der Waals surface area contributed by atoms with E-state index < -0.39 is 0 Å². The maximum absolute atomic E-state index is 14.4. The van der Waals surface area contributed by atoms with Gasteiger partial charge in [-0.25, -0.2) is 9.97 Å². The van der Waals surface area contributed by atoms with Crippen molar-refractivity contribution >= 4 is 45.8 Å². The predicted octanol–water partition coefficient (Wildman–Crippen LogP) is 4.96. The van der Waals surface area contributed by atoms with Crippen LogP contribution in [-0.2, 0) is 22.6 Å². The van der Waals surface area contributed by atoms with Gasteiger partial charge in [0.1, 0.15) is 10.7 Å². The molecule has 1 aromatic carbocycles. The number of aromatic nitrogens is 3. The highest BCUT2D eigenvalue weighted by molar-refractivity contribution is 7.13. The van der Waals surface area contributed by atoms with Crippen molar-refractivity contribution in [1.82, 2.24) is 30.1 Å². The van der Waals surface area contributed by atoms with Gasteiger partial charge >= 0.3 is 0 Å². The van der Waals surface area contributed by atoms with Crippen LogP contribution in [0.2, 0.25) is 0 Å². The molecule has 3 amide bonds. The van der Waals surface area contributed by atoms with E-state index in [0.717, 1.165) is 46.7 Å². The topological polar surface area (TPSA) is 139 Å². The number of nitrogens with zero attached hydrogens (tertiary/aromatic N) is 6. The Balaban J connectivity index is 1.37. The van der Waals surface area contributed by atoms with Crippen molar-refractivity contribution in [3.8, 4) is 17.2 Å². The summed E-state index contributed by atoms with van der Waals surface area (Å²) in [7, 11) is 4.75. The van der Waals surface area contributed by atoms with Gasteiger partial charge in [0.05, 0.1) is 44.1 Å². The van der Waals surface area contributed by atoms with Crippen LogP contribution in [0, 0.1) is 19.8 Å². The molecule has 1 unspecified atom stereocenters. The number of hydrogen-bond acceptors (Lipinski definition) is 11. The third kappa shape index (κ3) is 8.81. The smallest absolute Gasteiger partial charge is 0.266 e. The van der Waals surface area contributed by atoms with E-state index in [0.29, 0.717) is 85.3 Å². The van der Waals surface area contributed by atoms with Crippen LogP contribution in [0.5, 0.6) is 17.2 Å². The first-order valence-corrected chi connectivity index (χ1v) is 19.0. The van der Waals surface area contributed by atoms with E-state index in [1.807, 2.05) is 36.9 Å². The fraction of sp³-hybridized carbons (Fsp3) is 0.487. The Labute approximate surface area is 314 Å². The van der Waals surface area contributed by atoms with Crippen molar-refractivity contribution < 1.29 is 28.6 Å². The van der Waals surface area contributed by atoms with Crippen LogP contribution in [0.1, 0.15) is 63.6 Å². The number of anilines is 1. The molecule has 6 rings (SSSR count). The fourth-order valence-corrected chi connectivity index (χ4v) is 8.20. The minimum atomic E-state index is -0.172. The molecule has 0 radical (unpaired) electrons. The Bertz CT molecular complexity index is 1940. The molecule has 1 atom stereocenters. The highest BCUT2D eigenvalue weighted by Gasteiger charge is 2.29. The number of nitrogens with one attached hydrogen (secondary N) is 1. The first kappa shape index (κ1) is 37.8. The summed E-state index contributed by atoms with van der Waals surface area (Å²) in [6, 6.07) is 7.72. The molecule has 1 saturated heterocycles. The molecule has 0 aliphatic carbocycles. The molecule has 5 heterocycles. The number of amides is 3. The zero-order chi connectivity index (χ0) is 37.5. The molecule has 3 aromatic heterocycles. The molecule has 2 aliphatic rings. The molecular weight excluding hydrogens is 695 g/mol. The Hall–Kier alpha value is -4.98. The predicted molar refractivity (Wildman–Crippen MR) is 204 cm³/mol. The van der Waals surface area contributed by atoms with E-state index in [2.05, 4.69) is 26.3 Å². The molecule has 1 fully saturated rings. The number of ether oxygens (including phenoxy) is 3. The second-order valence-corrected chi connectivity index (χ2v) is 14.9. The maximum atomic E-state index is 14.4. The van der Waals surface area contributed by atoms with Crippen molar-refractivity contribution in [2.45, 2.75) is 58.9 Å². The number of carbonyl (C=O) groups is 3. The normalized spacial score (nSPS) is 17.3. The summed E-state index contributed by atoms with van der Waals surface area (Å²) >= 11 is 1.40. The van der Waals surface area contributed by atoms with Gasteiger partial charge in [0.2, 0.25) is 17.6 Å². The Morgan fingerprint density at radius 2 is 1.75 bits per heavy atom. The first-order valence-electron chi connectivity index (χ1n) is 18.2. The van der Waals surface area contributed by atoms with Gasteiger partial charge in [0.15, 0.2) is 11.5 Å². The Kier molecular flexibility index (Phi) is 12.3. The molecule has 53 heavy (non-hydrogen) atoms. The molecule has 2 aliphatic heterocycles. The van der Waals surface area contributed by atoms with Gasteiger partial charge in [0, 0.05) is 75.1 Å². The third-order valence-electron chi connectivity index (χ3n) is 9.97. The molecule has 4 aromatic rings. The zero-order valence-electron chi connectivity index (χ0n) is 31.3. The average molecular weight is 744 g/mol. The van der Waals surface area contributed by atoms with Gasteiger partial charge in [-0.2, -0.15) is 0 Å². The summed E-state index contributed by atoms with van der Waals surface area (Å²) in [4.78, 5) is 61.6. The second kappa shape index (κ2) is 17.2. The standard InChI is InChI=1S/C39H49N7O6S/c1-25-37(53-26(2)42-25)39(49)46-16-7-6-15-44(34(48)13-12-27-10-8-14-40-20-27)24-33(47)41-21-28-11-9-17-45(22-28)38-29(23-46)18-30-31(43-38)19-32(50-3)36(52-5)35(30)51-4/h8,10,14,18-20,28H,6-7,9,11-13,15-17,21-24H2,1-5H3,(H,41,47). The number of benzene rings is 1. The summed E-state index contributed by atoms with van der Waals surface area (Å²) in [5.41, 5.74) is 3.24. The number of rotatable bonds is 7. The van der Waals surface area contributed by atoms with Gasteiger partial charge in [-0.1, -0.05) is 6.07 Å². The quantitative estimate of drug-likeness (QED) is 0.277. The van der Waals surface area contributed by atoms with E-state index in [9.17, 15) is 14.4 Å². The lowest BCUT2D eigenvalue weighted by atomic mass is 9.97. The van der Waals surface area contributed by atoms with Gasteiger partial charge in [-0.15, -0.1) is 11.3 Å². The van der Waals surface area contributed by atoms with Crippen molar-refractivity contribution in [3.05, 3.63) is 63.4 Å². The number of fused-ring (bicyclic) bond motifs is 5. The SMILES string of the molecule is COc1cc2nc3c(cc2c(OC)c1OC)CN(C(=O)c1sc(C)nc1C)CCCCN(C(=O)CCc1cccnc1)CC(=O)NCC1CCCN3C1. The van der Waals surface area contributed by atoms with Crippen LogP contribution in [0.3, 0.4) is 0 Å². The molecule has 1 N–H and O–H groups in total. The molecular formula is C39H49N7O6S. The summed E-state index contributed by atoms with van der Waals surface area (Å²) in [5.74, 6) is 2.09. The molecule has 2 bridgehead atoms. The van der Waals surface area contributed by atoms with Crippen LogP contribution >= 0.6 is 11.3 Å². The molecule has 0 spiro atoms. The van der Waals surface area contributed by atoms with E-state index in [-0.39, 0.29) is 36.6 Å². The van der Waals surface area contributed by atoms with Crippen LogP contribution < -0.4 is 24.4 Å². The van der Waals surface area contributed by atoms with Gasteiger partial charge in [-0.05, 0) is 69.6 Å². The molecule has 0 saturated carbocycles. The fourth-order valence-electron chi connectivity index (χ4n) is 7.31. The maximum Gasteiger partial charge on any atom is 0.266 e. The van der Waals surface area contributed by atoms with Crippen LogP contribution in [0.25, 0.3) is 10.9 Å². The lowest BCUT2D eigenvalue weighted by Gasteiger charge is -2.36. The third-order valence-corrected chi connectivity index (χ3v) is 11.0. The largest absolute Gasteiger partial charge is 0.493 e. The minimum absolute atomic E-state index is 0.00616. The summed E-state index contributed by atoms with van der Waals surface area (Å²) in [5, 5.41) is 4.71. The van der Waals surface area contributed by atoms with E-state index in [1.165, 1.54) is 11.3 Å². The lowest BCUT2D eigenvalue weighted by Crippen LogP contribution is -2.45. The Morgan fingerprint density at radius 1 is 0.962 bits per heavy atom. The highest BCUT2D eigenvalue weighted by atomic mass is 32.1. The van der Waals surface area contributed by atoms with E-state index >= 15 is 0 Å². The number of piperidine rings is 1. The van der Waals surface area contributed by atoms with E-state index in [4.69, 9.17) is 19.2 Å². The number of aryl methyl sites for hydroxylation is 3. The number of hydrogen-bond donors (Lipinski definition) is 1. The van der Waals surface area contributed by atoms with Crippen LogP contribution in [0.15, 0.2) is 36.7 Å². The van der Waals surface area contributed by atoms with Crippen LogP contribution in [-0.4, -0.2) is 103 Å².